The number of thioether (sulfide) groups is 1. The van der Waals surface area contributed by atoms with E-state index in [1.54, 1.807) is 17.8 Å². The Labute approximate surface area is 157 Å². The lowest BCUT2D eigenvalue weighted by molar-refractivity contribution is -0.130. The third-order valence-corrected chi connectivity index (χ3v) is 6.01. The highest BCUT2D eigenvalue weighted by molar-refractivity contribution is 7.99. The maximum Gasteiger partial charge on any atom is 0.222 e. The van der Waals surface area contributed by atoms with Gasteiger partial charge in [-0.1, -0.05) is 41.9 Å². The van der Waals surface area contributed by atoms with Crippen LogP contribution in [-0.4, -0.2) is 29.6 Å². The van der Waals surface area contributed by atoms with Crippen molar-refractivity contribution in [2.75, 3.05) is 18.8 Å². The number of carbonyl (C=O) groups excluding carboxylic acids is 1. The van der Waals surface area contributed by atoms with Crippen molar-refractivity contribution in [1.29, 1.82) is 0 Å². The number of hydrogen-bond donors (Lipinski definition) is 0. The third kappa shape index (κ3) is 4.99. The van der Waals surface area contributed by atoms with Crippen LogP contribution in [-0.2, 0) is 11.2 Å². The topological polar surface area (TPSA) is 20.3 Å². The molecular weight excluding hydrogens is 357 g/mol. The number of hydrogen-bond acceptors (Lipinski definition) is 2. The van der Waals surface area contributed by atoms with Gasteiger partial charge in [-0.3, -0.25) is 4.79 Å². The fourth-order valence-electron chi connectivity index (χ4n) is 3.11. The van der Waals surface area contributed by atoms with E-state index in [0.717, 1.165) is 29.8 Å². The predicted octanol–water partition coefficient (Wildman–Crippen LogP) is 5.12. The highest BCUT2D eigenvalue weighted by Gasteiger charge is 2.23. The van der Waals surface area contributed by atoms with E-state index in [1.165, 1.54) is 6.07 Å². The van der Waals surface area contributed by atoms with Crippen LogP contribution in [0.1, 0.15) is 29.2 Å². The molecule has 132 valence electrons. The molecule has 1 fully saturated rings. The van der Waals surface area contributed by atoms with Crippen LogP contribution in [0.15, 0.2) is 48.5 Å². The van der Waals surface area contributed by atoms with E-state index in [4.69, 9.17) is 11.6 Å². The zero-order valence-corrected chi connectivity index (χ0v) is 15.5. The Bertz CT molecular complexity index is 739. The average Bonchev–Trinajstić information content (AvgIpc) is 2.86. The number of amides is 1. The molecule has 0 unspecified atom stereocenters. The Hall–Kier alpha value is -1.52. The van der Waals surface area contributed by atoms with Crippen molar-refractivity contribution in [1.82, 2.24) is 4.90 Å². The molecule has 0 saturated carbocycles. The van der Waals surface area contributed by atoms with Gasteiger partial charge in [-0.05, 0) is 36.6 Å². The first-order valence-electron chi connectivity index (χ1n) is 8.52. The molecule has 1 aliphatic rings. The van der Waals surface area contributed by atoms with E-state index >= 15 is 0 Å². The Morgan fingerprint density at radius 2 is 2.04 bits per heavy atom. The minimum atomic E-state index is -0.152. The molecule has 1 amide bonds. The molecule has 2 aromatic carbocycles. The monoisotopic (exact) mass is 377 g/mol. The van der Waals surface area contributed by atoms with Gasteiger partial charge in [0.2, 0.25) is 5.91 Å². The molecule has 0 aliphatic carbocycles. The summed E-state index contributed by atoms with van der Waals surface area (Å²) in [4.78, 5) is 14.4. The molecule has 2 aromatic rings. The number of aryl methyl sites for hydroxylation is 1. The van der Waals surface area contributed by atoms with Crippen LogP contribution in [0.4, 0.5) is 4.39 Å². The predicted molar refractivity (Wildman–Crippen MR) is 103 cm³/mol. The highest BCUT2D eigenvalue weighted by Crippen LogP contribution is 2.35. The first-order chi connectivity index (χ1) is 12.1. The standard InChI is InChI=1S/C20H21ClFNOS/c21-16-5-3-4-15(14-16)8-9-20(24)23-11-10-19(25-13-12-23)17-6-1-2-7-18(17)22/h1-7,14,19H,8-13H2/t19-/m1/s1. The zero-order chi connectivity index (χ0) is 17.6. The molecule has 0 bridgehead atoms. The number of halogens is 2. The van der Waals surface area contributed by atoms with Crippen molar-refractivity contribution >= 4 is 29.3 Å². The van der Waals surface area contributed by atoms with Crippen molar-refractivity contribution in [3.63, 3.8) is 0 Å². The molecule has 25 heavy (non-hydrogen) atoms. The fraction of sp³-hybridized carbons (Fsp3) is 0.350. The summed E-state index contributed by atoms with van der Waals surface area (Å²) in [5.41, 5.74) is 1.83. The molecule has 0 N–H and O–H groups in total. The van der Waals surface area contributed by atoms with Gasteiger partial charge < -0.3 is 4.90 Å². The minimum Gasteiger partial charge on any atom is -0.342 e. The van der Waals surface area contributed by atoms with Crippen LogP contribution in [0.5, 0.6) is 0 Å². The van der Waals surface area contributed by atoms with Crippen LogP contribution in [0, 0.1) is 5.82 Å². The summed E-state index contributed by atoms with van der Waals surface area (Å²) in [6, 6.07) is 14.6. The van der Waals surface area contributed by atoms with Crippen molar-refractivity contribution in [3.05, 3.63) is 70.5 Å². The molecule has 0 radical (unpaired) electrons. The van der Waals surface area contributed by atoms with E-state index in [0.29, 0.717) is 24.4 Å². The number of rotatable bonds is 4. The summed E-state index contributed by atoms with van der Waals surface area (Å²) in [5, 5.41) is 0.816. The normalized spacial score (nSPS) is 18.0. The summed E-state index contributed by atoms with van der Waals surface area (Å²) < 4.78 is 14.0. The molecule has 0 spiro atoms. The van der Waals surface area contributed by atoms with Crippen molar-refractivity contribution in [2.24, 2.45) is 0 Å². The first-order valence-corrected chi connectivity index (χ1v) is 9.94. The Balaban J connectivity index is 1.55. The van der Waals surface area contributed by atoms with Gasteiger partial charge >= 0.3 is 0 Å². The molecule has 1 aliphatic heterocycles. The van der Waals surface area contributed by atoms with Crippen LogP contribution in [0.2, 0.25) is 5.02 Å². The average molecular weight is 378 g/mol. The van der Waals surface area contributed by atoms with Crippen molar-refractivity contribution < 1.29 is 9.18 Å². The second kappa shape index (κ2) is 8.72. The van der Waals surface area contributed by atoms with Crippen molar-refractivity contribution in [2.45, 2.75) is 24.5 Å². The Kier molecular flexibility index (Phi) is 6.38. The Morgan fingerprint density at radius 1 is 1.20 bits per heavy atom. The second-order valence-corrected chi connectivity index (χ2v) is 7.93. The minimum absolute atomic E-state index is 0.118. The molecule has 1 saturated heterocycles. The molecule has 1 heterocycles. The summed E-state index contributed by atoms with van der Waals surface area (Å²) in [5.74, 6) is 0.845. The largest absolute Gasteiger partial charge is 0.342 e. The quantitative estimate of drug-likeness (QED) is 0.737. The number of nitrogens with zero attached hydrogens (tertiary/aromatic N) is 1. The lowest BCUT2D eigenvalue weighted by Crippen LogP contribution is -2.33. The number of benzene rings is 2. The van der Waals surface area contributed by atoms with E-state index < -0.39 is 0 Å². The summed E-state index contributed by atoms with van der Waals surface area (Å²) in [6.07, 6.45) is 1.96. The van der Waals surface area contributed by atoms with Crippen LogP contribution >= 0.6 is 23.4 Å². The third-order valence-electron chi connectivity index (χ3n) is 4.46. The van der Waals surface area contributed by atoms with Gasteiger partial charge in [0.05, 0.1) is 0 Å². The van der Waals surface area contributed by atoms with Gasteiger partial charge in [-0.2, -0.15) is 11.8 Å². The van der Waals surface area contributed by atoms with E-state index in [-0.39, 0.29) is 17.0 Å². The SMILES string of the molecule is O=C(CCc1cccc(Cl)c1)N1CCS[C@@H](c2ccccc2F)CC1. The Morgan fingerprint density at radius 3 is 2.84 bits per heavy atom. The fourth-order valence-corrected chi connectivity index (χ4v) is 4.57. The van der Waals surface area contributed by atoms with Gasteiger partial charge in [0.1, 0.15) is 5.82 Å². The van der Waals surface area contributed by atoms with E-state index in [1.807, 2.05) is 41.3 Å². The van der Waals surface area contributed by atoms with Gasteiger partial charge in [0.15, 0.2) is 0 Å². The number of carbonyl (C=O) groups is 1. The van der Waals surface area contributed by atoms with Crippen LogP contribution in [0.3, 0.4) is 0 Å². The molecule has 5 heteroatoms. The zero-order valence-electron chi connectivity index (χ0n) is 14.0. The lowest BCUT2D eigenvalue weighted by Gasteiger charge is -2.20. The second-order valence-electron chi connectivity index (χ2n) is 6.18. The summed E-state index contributed by atoms with van der Waals surface area (Å²) in [6.45, 7) is 1.41. The molecule has 3 rings (SSSR count). The maximum atomic E-state index is 14.0. The van der Waals surface area contributed by atoms with E-state index in [2.05, 4.69) is 0 Å². The maximum absolute atomic E-state index is 14.0. The smallest absolute Gasteiger partial charge is 0.222 e. The lowest BCUT2D eigenvalue weighted by atomic mass is 10.1. The molecule has 0 aromatic heterocycles. The highest BCUT2D eigenvalue weighted by atomic mass is 35.5. The van der Waals surface area contributed by atoms with Crippen LogP contribution < -0.4 is 0 Å². The van der Waals surface area contributed by atoms with Gasteiger partial charge in [-0.15, -0.1) is 0 Å². The molecular formula is C20H21ClFNOS. The molecule has 1 atom stereocenters. The summed E-state index contributed by atoms with van der Waals surface area (Å²) >= 11 is 7.73. The van der Waals surface area contributed by atoms with Crippen LogP contribution in [0.25, 0.3) is 0 Å². The summed E-state index contributed by atoms with van der Waals surface area (Å²) in [7, 11) is 0. The van der Waals surface area contributed by atoms with Gasteiger partial charge in [0, 0.05) is 41.1 Å². The first kappa shape index (κ1) is 18.3. The molecule has 2 nitrogen and oxygen atoms in total. The van der Waals surface area contributed by atoms with Crippen molar-refractivity contribution in [3.8, 4) is 0 Å². The van der Waals surface area contributed by atoms with Gasteiger partial charge in [-0.25, -0.2) is 4.39 Å². The van der Waals surface area contributed by atoms with E-state index in [9.17, 15) is 9.18 Å². The van der Waals surface area contributed by atoms with Gasteiger partial charge in [0.25, 0.3) is 0 Å².